The van der Waals surface area contributed by atoms with Gasteiger partial charge in [0, 0.05) is 38.4 Å². The van der Waals surface area contributed by atoms with E-state index in [1.165, 1.54) is 0 Å². The number of hydrogen-bond acceptors (Lipinski definition) is 3. The van der Waals surface area contributed by atoms with Crippen molar-refractivity contribution in [1.82, 2.24) is 14.5 Å². The van der Waals surface area contributed by atoms with Crippen LogP contribution < -0.4 is 0 Å². The van der Waals surface area contributed by atoms with Crippen molar-refractivity contribution in [3.8, 4) is 39.6 Å². The highest BCUT2D eigenvalue weighted by Crippen LogP contribution is 2.38. The number of hydrogen-bond donors (Lipinski definition) is 0. The van der Waals surface area contributed by atoms with E-state index in [-0.39, 0.29) is 38.9 Å². The maximum atomic E-state index is 9.76. The first-order chi connectivity index (χ1) is 26.8. The summed E-state index contributed by atoms with van der Waals surface area (Å²) in [5.41, 5.74) is 1.57. The quantitative estimate of drug-likeness (QED) is 0.210. The monoisotopic (exact) mass is 575 g/mol. The highest BCUT2D eigenvalue weighted by molar-refractivity contribution is 6.11. The first kappa shape index (κ1) is 15.5. The molecule has 6 aromatic carbocycles. The lowest BCUT2D eigenvalue weighted by Crippen LogP contribution is -1.97. The number of aromatic nitrogens is 3. The summed E-state index contributed by atoms with van der Waals surface area (Å²) in [4.78, 5) is 9.80. The summed E-state index contributed by atoms with van der Waals surface area (Å²) in [5.74, 6) is 0.183. The van der Waals surface area contributed by atoms with Gasteiger partial charge in [0.2, 0.25) is 0 Å². The molecule has 0 spiro atoms. The van der Waals surface area contributed by atoms with Crippen molar-refractivity contribution in [3.05, 3.63) is 151 Å². The van der Waals surface area contributed by atoms with Crippen molar-refractivity contribution in [2.75, 3.05) is 0 Å². The van der Waals surface area contributed by atoms with Crippen LogP contribution in [0.15, 0.2) is 156 Å². The van der Waals surface area contributed by atoms with Gasteiger partial charge < -0.3 is 8.98 Å². The maximum absolute atomic E-state index is 9.76. The van der Waals surface area contributed by atoms with Crippen LogP contribution in [0, 0.1) is 0 Å². The second-order valence-electron chi connectivity index (χ2n) is 10.1. The Bertz CT molecular complexity index is 3150. The minimum Gasteiger partial charge on any atom is -0.455 e. The average Bonchev–Trinajstić information content (AvgIpc) is 3.77. The fourth-order valence-electron chi connectivity index (χ4n) is 5.59. The largest absolute Gasteiger partial charge is 0.455 e. The van der Waals surface area contributed by atoms with E-state index in [1.807, 2.05) is 66.7 Å². The molecule has 0 radical (unpaired) electrons. The number of fused-ring (bicyclic) bond motifs is 6. The van der Waals surface area contributed by atoms with Crippen molar-refractivity contribution in [2.45, 2.75) is 0 Å². The molecule has 4 nitrogen and oxygen atoms in total. The summed E-state index contributed by atoms with van der Waals surface area (Å²) in [6.07, 6.45) is 0. The smallest absolute Gasteiger partial charge is 0.164 e. The lowest BCUT2D eigenvalue weighted by molar-refractivity contribution is 0.669. The lowest BCUT2D eigenvalue weighted by Gasteiger charge is -2.11. The Morgan fingerprint density at radius 1 is 0.568 bits per heavy atom. The van der Waals surface area contributed by atoms with Crippen LogP contribution in [0.5, 0.6) is 0 Å². The van der Waals surface area contributed by atoms with E-state index >= 15 is 0 Å². The molecule has 206 valence electrons. The third-order valence-corrected chi connectivity index (χ3v) is 7.57. The lowest BCUT2D eigenvalue weighted by atomic mass is 10.0. The molecule has 0 bridgehead atoms. The summed E-state index contributed by atoms with van der Waals surface area (Å²) < 4.78 is 113. The van der Waals surface area contributed by atoms with Crippen molar-refractivity contribution >= 4 is 43.7 Å². The minimum absolute atomic E-state index is 0.0461. The molecule has 0 fully saturated rings. The topological polar surface area (TPSA) is 43.9 Å². The van der Waals surface area contributed by atoms with Crippen molar-refractivity contribution in [3.63, 3.8) is 0 Å². The summed E-state index contributed by atoms with van der Waals surface area (Å²) >= 11 is 0. The van der Waals surface area contributed by atoms with Crippen LogP contribution in [0.1, 0.15) is 16.4 Å². The van der Waals surface area contributed by atoms with Gasteiger partial charge in [-0.3, -0.25) is 0 Å². The Morgan fingerprint density at radius 2 is 1.30 bits per heavy atom. The van der Waals surface area contributed by atoms with Gasteiger partial charge in [-0.25, -0.2) is 9.97 Å². The highest BCUT2D eigenvalue weighted by atomic mass is 16.3. The molecule has 3 aromatic heterocycles. The number of benzene rings is 6. The van der Waals surface area contributed by atoms with Gasteiger partial charge in [-0.1, -0.05) is 109 Å². The van der Waals surface area contributed by atoms with Gasteiger partial charge in [-0.2, -0.15) is 0 Å². The zero-order chi connectivity index (χ0) is 39.5. The van der Waals surface area contributed by atoms with Crippen molar-refractivity contribution in [2.24, 2.45) is 0 Å². The highest BCUT2D eigenvalue weighted by Gasteiger charge is 2.18. The van der Waals surface area contributed by atoms with E-state index in [4.69, 9.17) is 26.7 Å². The van der Waals surface area contributed by atoms with Crippen LogP contribution in [-0.2, 0) is 0 Å². The standard InChI is InChI=1S/C40H25N3O/c1-3-12-26(13-4-1)34-25-35(42-40(41-34)33-19-11-18-32-31-17-8-10-21-38(31)44-39(32)33)27-22-23-30-29-16-7-9-20-36(29)43(37(30)24-27)28-14-5-2-6-15-28/h1-25H/i2D,5D,6D,7D,9D,14D,15D,16D,20D,22D,23D,24D. The van der Waals surface area contributed by atoms with E-state index in [1.54, 1.807) is 12.1 Å². The van der Waals surface area contributed by atoms with Crippen LogP contribution >= 0.6 is 0 Å². The SMILES string of the molecule is [2H]c1c([2H])c([2H])c(-n2c3c([2H])c([2H])c([2H])c([2H])c3c3c([2H])c([2H])c(-c4cc(-c5ccccc5)nc(-c5cccc6c5oc5ccccc56)n4)c([2H])c32)c([2H])c1[2H]. The molecule has 0 saturated heterocycles. The molecule has 0 aliphatic heterocycles. The van der Waals surface area contributed by atoms with Crippen LogP contribution in [0.25, 0.3) is 83.3 Å². The average molecular weight is 576 g/mol. The fraction of sp³-hybridized carbons (Fsp3) is 0. The van der Waals surface area contributed by atoms with E-state index < -0.39 is 78.2 Å². The zero-order valence-corrected chi connectivity index (χ0v) is 22.8. The molecule has 0 atom stereocenters. The van der Waals surface area contributed by atoms with E-state index in [0.29, 0.717) is 28.0 Å². The molecule has 0 amide bonds. The van der Waals surface area contributed by atoms with Gasteiger partial charge in [0.05, 0.1) is 44.4 Å². The number of furan rings is 1. The third-order valence-electron chi connectivity index (χ3n) is 7.57. The van der Waals surface area contributed by atoms with Gasteiger partial charge >= 0.3 is 0 Å². The Morgan fingerprint density at radius 3 is 2.18 bits per heavy atom. The van der Waals surface area contributed by atoms with Crippen molar-refractivity contribution < 1.29 is 20.9 Å². The molecule has 0 unspecified atom stereocenters. The second-order valence-corrected chi connectivity index (χ2v) is 10.1. The van der Waals surface area contributed by atoms with E-state index in [0.717, 1.165) is 15.3 Å². The van der Waals surface area contributed by atoms with E-state index in [2.05, 4.69) is 0 Å². The molecule has 0 N–H and O–H groups in total. The van der Waals surface area contributed by atoms with Gasteiger partial charge in [0.25, 0.3) is 0 Å². The van der Waals surface area contributed by atoms with Crippen LogP contribution in [0.2, 0.25) is 0 Å². The second kappa shape index (κ2) is 9.79. The number of nitrogens with zero attached hydrogens (tertiary/aromatic N) is 3. The molecule has 44 heavy (non-hydrogen) atoms. The zero-order valence-electron chi connectivity index (χ0n) is 34.8. The Balaban J connectivity index is 1.45. The predicted octanol–water partition coefficient (Wildman–Crippen LogP) is 10.5. The van der Waals surface area contributed by atoms with Crippen LogP contribution in [0.4, 0.5) is 0 Å². The predicted molar refractivity (Wildman–Crippen MR) is 180 cm³/mol. The van der Waals surface area contributed by atoms with Crippen LogP contribution in [0.3, 0.4) is 0 Å². The third kappa shape index (κ3) is 3.85. The summed E-state index contributed by atoms with van der Waals surface area (Å²) in [7, 11) is 0. The summed E-state index contributed by atoms with van der Waals surface area (Å²) in [6, 6.07) is 16.4. The molecule has 4 heteroatoms. The Kier molecular flexibility index (Phi) is 3.44. The Hall–Kier alpha value is -6.00. The fourth-order valence-corrected chi connectivity index (χ4v) is 5.59. The first-order valence-electron chi connectivity index (χ1n) is 19.8. The molecule has 3 heterocycles. The molecule has 9 aromatic rings. The first-order valence-corrected chi connectivity index (χ1v) is 13.8. The van der Waals surface area contributed by atoms with Crippen molar-refractivity contribution in [1.29, 1.82) is 0 Å². The van der Waals surface area contributed by atoms with E-state index in [9.17, 15) is 4.11 Å². The summed E-state index contributed by atoms with van der Waals surface area (Å²) in [6.45, 7) is 0. The van der Waals surface area contributed by atoms with Gasteiger partial charge in [0.15, 0.2) is 5.82 Å². The van der Waals surface area contributed by atoms with Gasteiger partial charge in [0.1, 0.15) is 11.2 Å². The molecule has 0 aliphatic carbocycles. The summed E-state index contributed by atoms with van der Waals surface area (Å²) in [5, 5.41) is 1.24. The number of rotatable bonds is 4. The maximum Gasteiger partial charge on any atom is 0.164 e. The van der Waals surface area contributed by atoms with Gasteiger partial charge in [-0.15, -0.1) is 0 Å². The molecular formula is C40H25N3O. The van der Waals surface area contributed by atoms with Crippen LogP contribution in [-0.4, -0.2) is 14.5 Å². The minimum atomic E-state index is -0.709. The molecule has 0 aliphatic rings. The Labute approximate surface area is 270 Å². The normalized spacial score (nSPS) is 15.5. The number of para-hydroxylation sites is 4. The van der Waals surface area contributed by atoms with Gasteiger partial charge in [-0.05, 0) is 42.4 Å². The molecule has 9 rings (SSSR count). The molecule has 0 saturated carbocycles. The molecular weight excluding hydrogens is 538 g/mol.